The number of imidazole rings is 1. The van der Waals surface area contributed by atoms with E-state index in [1.807, 2.05) is 10.6 Å². The Bertz CT molecular complexity index is 1700. The van der Waals surface area contributed by atoms with Gasteiger partial charge in [0.1, 0.15) is 12.6 Å². The Morgan fingerprint density at radius 3 is 2.48 bits per heavy atom. The second kappa shape index (κ2) is 11.2. The maximum atomic E-state index is 12.0. The van der Waals surface area contributed by atoms with Gasteiger partial charge in [-0.2, -0.15) is 0 Å². The molecule has 0 aliphatic carbocycles. The van der Waals surface area contributed by atoms with Crippen molar-refractivity contribution >= 4 is 48.8 Å². The molecule has 2 aliphatic rings. The lowest BCUT2D eigenvalue weighted by molar-refractivity contribution is 0.00578. The van der Waals surface area contributed by atoms with Crippen molar-refractivity contribution in [1.29, 1.82) is 0 Å². The van der Waals surface area contributed by atoms with E-state index in [9.17, 15) is 9.90 Å². The topological polar surface area (TPSA) is 112 Å². The lowest BCUT2D eigenvalue weighted by atomic mass is 9.78. The van der Waals surface area contributed by atoms with Crippen LogP contribution in [0, 0.1) is 0 Å². The molecule has 1 atom stereocenters. The average Bonchev–Trinajstić information content (AvgIpc) is 3.63. The van der Waals surface area contributed by atoms with Crippen molar-refractivity contribution in [2.75, 3.05) is 13.2 Å². The monoisotopic (exact) mass is 615 g/mol. The van der Waals surface area contributed by atoms with Crippen LogP contribution < -0.4 is 5.46 Å². The highest BCUT2D eigenvalue weighted by Gasteiger charge is 2.51. The number of carboxylic acid groups (broad SMARTS) is 1. The first kappa shape index (κ1) is 30.7. The second-order valence-corrected chi connectivity index (χ2v) is 19.8. The molecule has 1 N–H and O–H groups in total. The Morgan fingerprint density at radius 2 is 1.77 bits per heavy atom. The summed E-state index contributed by atoms with van der Waals surface area (Å²) in [6.07, 6.45) is 2.31. The zero-order valence-electron chi connectivity index (χ0n) is 26.8. The fraction of sp³-hybridized carbons (Fsp3) is 0.500. The predicted molar refractivity (Wildman–Crippen MR) is 175 cm³/mol. The summed E-state index contributed by atoms with van der Waals surface area (Å²) in [5.41, 5.74) is 2.89. The van der Waals surface area contributed by atoms with Crippen LogP contribution in [0.1, 0.15) is 52.4 Å². The smallest absolute Gasteiger partial charge is 0.465 e. The number of aromatic nitrogens is 4. The number of ether oxygens (including phenoxy) is 1. The van der Waals surface area contributed by atoms with Gasteiger partial charge in [0, 0.05) is 26.8 Å². The minimum Gasteiger partial charge on any atom is -0.465 e. The molecule has 0 radical (unpaired) electrons. The molecule has 2 aromatic heterocycles. The van der Waals surface area contributed by atoms with Gasteiger partial charge in [0.05, 0.1) is 29.1 Å². The summed E-state index contributed by atoms with van der Waals surface area (Å²) in [5, 5.41) is 12.0. The van der Waals surface area contributed by atoms with E-state index < -0.39 is 32.5 Å². The molecule has 2 aromatic carbocycles. The Morgan fingerprint density at radius 1 is 1.07 bits per heavy atom. The molecule has 6 rings (SSSR count). The van der Waals surface area contributed by atoms with E-state index in [0.717, 1.165) is 34.3 Å². The quantitative estimate of drug-likeness (QED) is 0.188. The molecule has 2 fully saturated rings. The third kappa shape index (κ3) is 5.88. The van der Waals surface area contributed by atoms with Gasteiger partial charge in [-0.25, -0.2) is 19.7 Å². The summed E-state index contributed by atoms with van der Waals surface area (Å²) in [6, 6.07) is 13.1. The normalized spacial score (nSPS) is 19.8. The summed E-state index contributed by atoms with van der Waals surface area (Å²) in [7, 11) is -1.68. The molecule has 12 heteroatoms. The van der Waals surface area contributed by atoms with Gasteiger partial charge in [-0.05, 0) is 68.9 Å². The van der Waals surface area contributed by atoms with Crippen molar-refractivity contribution in [3.8, 4) is 11.3 Å². The third-order valence-corrected chi connectivity index (χ3v) is 10.9. The Hall–Kier alpha value is -3.32. The zero-order chi connectivity index (χ0) is 31.4. The Balaban J connectivity index is 1.30. The molecule has 0 spiro atoms. The maximum absolute atomic E-state index is 12.0. The minimum absolute atomic E-state index is 0.259. The molecule has 1 amide bonds. The number of fused-ring (bicyclic) bond motifs is 2. The van der Waals surface area contributed by atoms with Gasteiger partial charge in [-0.15, -0.1) is 0 Å². The number of amides is 1. The van der Waals surface area contributed by atoms with Crippen molar-refractivity contribution in [3.05, 3.63) is 48.4 Å². The number of hydrogen-bond acceptors (Lipinski definition) is 7. The first-order chi connectivity index (χ1) is 20.7. The molecule has 0 saturated carbocycles. The summed E-state index contributed by atoms with van der Waals surface area (Å²) < 4.78 is 20.5. The van der Waals surface area contributed by atoms with Crippen molar-refractivity contribution in [2.24, 2.45) is 0 Å². The van der Waals surface area contributed by atoms with Gasteiger partial charge < -0.3 is 19.2 Å². The highest BCUT2D eigenvalue weighted by atomic mass is 28.3. The minimum atomic E-state index is -1.26. The average molecular weight is 616 g/mol. The van der Waals surface area contributed by atoms with E-state index in [1.165, 1.54) is 4.90 Å². The van der Waals surface area contributed by atoms with E-state index >= 15 is 0 Å². The molecule has 4 aromatic rings. The molecule has 2 aliphatic heterocycles. The molecule has 10 nitrogen and oxygen atoms in total. The van der Waals surface area contributed by atoms with Crippen LogP contribution in [0.15, 0.2) is 42.6 Å². The number of likely N-dealkylation sites (tertiary alicyclic amines) is 1. The number of benzene rings is 2. The molecule has 1 unspecified atom stereocenters. The van der Waals surface area contributed by atoms with Crippen molar-refractivity contribution in [3.63, 3.8) is 0 Å². The number of nitrogens with zero attached hydrogens (tertiary/aromatic N) is 5. The standard InChI is InChI=1S/C32H42BN5O5Si/c1-31(2)32(3,4)43-33(42-31)24-13-12-21-17-23(11-10-22(21)18-24)25-19-34-29-27(35-25)36-28(26-9-8-14-37(26)30(39)40)38(29)20-41-15-16-44(5,6)7/h10-13,17-19,26H,8-9,14-16,20H2,1-7H3,(H,39,40). The SMILES string of the molecule is CC1(C)OB(c2ccc3cc(-c4cnc5c(n4)nc(C4CCCN4C(=O)O)n5COCC[Si](C)(C)C)ccc3c2)OC1(C)C. The number of rotatable bonds is 8. The summed E-state index contributed by atoms with van der Waals surface area (Å²) in [4.78, 5) is 28.0. The first-order valence-electron chi connectivity index (χ1n) is 15.4. The summed E-state index contributed by atoms with van der Waals surface area (Å²) >= 11 is 0. The van der Waals surface area contributed by atoms with Gasteiger partial charge in [0.25, 0.3) is 0 Å². The zero-order valence-corrected chi connectivity index (χ0v) is 27.8. The molecule has 2 saturated heterocycles. The van der Waals surface area contributed by atoms with Crippen LogP contribution >= 0.6 is 0 Å². The summed E-state index contributed by atoms with van der Waals surface area (Å²) in [6.45, 7) is 16.6. The van der Waals surface area contributed by atoms with E-state index in [4.69, 9.17) is 29.0 Å². The Kier molecular flexibility index (Phi) is 7.84. The van der Waals surface area contributed by atoms with Crippen molar-refractivity contribution in [1.82, 2.24) is 24.4 Å². The highest BCUT2D eigenvalue weighted by Crippen LogP contribution is 2.37. The van der Waals surface area contributed by atoms with Gasteiger partial charge in [-0.3, -0.25) is 9.47 Å². The molecular weight excluding hydrogens is 573 g/mol. The lowest BCUT2D eigenvalue weighted by Crippen LogP contribution is -2.41. The van der Waals surface area contributed by atoms with Crippen molar-refractivity contribution < 1.29 is 23.9 Å². The molecule has 44 heavy (non-hydrogen) atoms. The van der Waals surface area contributed by atoms with Crippen LogP contribution in [-0.2, 0) is 20.8 Å². The third-order valence-electron chi connectivity index (χ3n) is 9.19. The van der Waals surface area contributed by atoms with Crippen LogP contribution in [0.2, 0.25) is 25.7 Å². The second-order valence-electron chi connectivity index (χ2n) is 14.2. The number of carbonyl (C=O) groups is 1. The fourth-order valence-corrected chi connectivity index (χ4v) is 6.54. The van der Waals surface area contributed by atoms with Gasteiger partial charge >= 0.3 is 13.2 Å². The molecule has 232 valence electrons. The first-order valence-corrected chi connectivity index (χ1v) is 19.1. The van der Waals surface area contributed by atoms with E-state index in [2.05, 4.69) is 77.7 Å². The van der Waals surface area contributed by atoms with Crippen LogP contribution in [0.5, 0.6) is 0 Å². The summed E-state index contributed by atoms with van der Waals surface area (Å²) in [5.74, 6) is 0.638. The largest absolute Gasteiger partial charge is 0.494 e. The van der Waals surface area contributed by atoms with Crippen LogP contribution in [0.3, 0.4) is 0 Å². The van der Waals surface area contributed by atoms with Crippen molar-refractivity contribution in [2.45, 2.75) is 90.2 Å². The fourth-order valence-electron chi connectivity index (χ4n) is 5.78. The van der Waals surface area contributed by atoms with Crippen LogP contribution in [-0.4, -0.2) is 75.2 Å². The molecular formula is C32H42BN5O5Si. The predicted octanol–water partition coefficient (Wildman–Crippen LogP) is 6.07. The van der Waals surface area contributed by atoms with Gasteiger partial charge in [0.2, 0.25) is 0 Å². The maximum Gasteiger partial charge on any atom is 0.494 e. The number of hydrogen-bond donors (Lipinski definition) is 1. The molecule has 4 heterocycles. The molecule has 0 bridgehead atoms. The van der Waals surface area contributed by atoms with Gasteiger partial charge in [-0.1, -0.05) is 50.0 Å². The van der Waals surface area contributed by atoms with E-state index in [1.54, 1.807) is 6.20 Å². The van der Waals surface area contributed by atoms with Crippen LogP contribution in [0.4, 0.5) is 4.79 Å². The van der Waals surface area contributed by atoms with E-state index in [-0.39, 0.29) is 12.8 Å². The Labute approximate surface area is 259 Å². The van der Waals surface area contributed by atoms with E-state index in [0.29, 0.717) is 42.4 Å². The lowest BCUT2D eigenvalue weighted by Gasteiger charge is -2.32. The highest BCUT2D eigenvalue weighted by molar-refractivity contribution is 6.76. The van der Waals surface area contributed by atoms with Crippen LogP contribution in [0.25, 0.3) is 33.3 Å². The van der Waals surface area contributed by atoms with Gasteiger partial charge in [0.15, 0.2) is 11.3 Å².